The van der Waals surface area contributed by atoms with E-state index in [1.54, 1.807) is 9.80 Å². The Morgan fingerprint density at radius 2 is 2.08 bits per heavy atom. The van der Waals surface area contributed by atoms with Gasteiger partial charge in [0.15, 0.2) is 0 Å². The summed E-state index contributed by atoms with van der Waals surface area (Å²) in [5, 5.41) is 7.24. The molecule has 0 spiro atoms. The first kappa shape index (κ1) is 14.7. The molecule has 24 heavy (non-hydrogen) atoms. The monoisotopic (exact) mass is 326 g/mol. The summed E-state index contributed by atoms with van der Waals surface area (Å²) < 4.78 is 5.07. The molecule has 2 amide bonds. The van der Waals surface area contributed by atoms with E-state index in [0.29, 0.717) is 37.5 Å². The van der Waals surface area contributed by atoms with E-state index >= 15 is 0 Å². The highest BCUT2D eigenvalue weighted by atomic mass is 16.6. The molecule has 1 unspecified atom stereocenters. The summed E-state index contributed by atoms with van der Waals surface area (Å²) in [6.07, 6.45) is -0.281. The minimum absolute atomic E-state index is 0.0532. The van der Waals surface area contributed by atoms with Crippen LogP contribution in [0.25, 0.3) is 11.3 Å². The van der Waals surface area contributed by atoms with Gasteiger partial charge in [-0.25, -0.2) is 4.79 Å². The van der Waals surface area contributed by atoms with Crippen LogP contribution in [0.2, 0.25) is 0 Å². The molecule has 0 bridgehead atoms. The molecule has 0 radical (unpaired) electrons. The van der Waals surface area contributed by atoms with Crippen LogP contribution in [0.1, 0.15) is 16.1 Å². The number of carbonyl (C=O) groups excluding carboxylic acids is 2. The molecule has 2 aromatic rings. The van der Waals surface area contributed by atoms with Crippen molar-refractivity contribution in [2.45, 2.75) is 13.0 Å². The van der Waals surface area contributed by atoms with Crippen LogP contribution in [0.3, 0.4) is 0 Å². The lowest BCUT2D eigenvalue weighted by molar-refractivity contribution is 0.0617. The van der Waals surface area contributed by atoms with E-state index in [0.717, 1.165) is 11.3 Å². The van der Waals surface area contributed by atoms with Crippen LogP contribution in [0.15, 0.2) is 30.3 Å². The lowest BCUT2D eigenvalue weighted by Crippen LogP contribution is -2.53. The zero-order chi connectivity index (χ0) is 16.7. The molecule has 7 heteroatoms. The molecule has 1 N–H and O–H groups in total. The van der Waals surface area contributed by atoms with Crippen molar-refractivity contribution in [1.82, 2.24) is 20.0 Å². The SMILES string of the molecule is Cc1[nH]nc(-c2ccccc2)c1C(=O)N1CCN2C(=O)OCC2C1. The number of nitrogens with zero attached hydrogens (tertiary/aromatic N) is 3. The number of cyclic esters (lactones) is 1. The maximum atomic E-state index is 13.1. The Morgan fingerprint density at radius 3 is 2.88 bits per heavy atom. The second-order valence-electron chi connectivity index (χ2n) is 6.11. The molecule has 2 aliphatic rings. The predicted octanol–water partition coefficient (Wildman–Crippen LogP) is 1.66. The number of nitrogens with one attached hydrogen (secondary N) is 1. The number of H-pyrrole nitrogens is 1. The van der Waals surface area contributed by atoms with Gasteiger partial charge < -0.3 is 9.64 Å². The van der Waals surface area contributed by atoms with E-state index in [9.17, 15) is 9.59 Å². The Morgan fingerprint density at radius 1 is 1.29 bits per heavy atom. The van der Waals surface area contributed by atoms with Gasteiger partial charge in [0, 0.05) is 30.9 Å². The van der Waals surface area contributed by atoms with Gasteiger partial charge in [0.25, 0.3) is 5.91 Å². The van der Waals surface area contributed by atoms with Crippen LogP contribution in [-0.2, 0) is 4.74 Å². The van der Waals surface area contributed by atoms with Gasteiger partial charge in [-0.3, -0.25) is 14.8 Å². The molecule has 0 aliphatic carbocycles. The van der Waals surface area contributed by atoms with Crippen molar-refractivity contribution in [1.29, 1.82) is 0 Å². The fourth-order valence-corrected chi connectivity index (χ4v) is 3.33. The molecule has 2 fully saturated rings. The molecule has 2 saturated heterocycles. The summed E-state index contributed by atoms with van der Waals surface area (Å²) >= 11 is 0. The van der Waals surface area contributed by atoms with Crippen molar-refractivity contribution in [2.24, 2.45) is 0 Å². The van der Waals surface area contributed by atoms with Crippen LogP contribution in [-0.4, -0.2) is 64.3 Å². The lowest BCUT2D eigenvalue weighted by Gasteiger charge is -2.35. The number of hydrogen-bond acceptors (Lipinski definition) is 4. The third-order valence-corrected chi connectivity index (χ3v) is 4.61. The molecule has 1 aromatic carbocycles. The maximum Gasteiger partial charge on any atom is 0.410 e. The third kappa shape index (κ3) is 2.33. The third-order valence-electron chi connectivity index (χ3n) is 4.61. The second kappa shape index (κ2) is 5.67. The number of hydrogen-bond donors (Lipinski definition) is 1. The molecular formula is C17H18N4O3. The maximum absolute atomic E-state index is 13.1. The predicted molar refractivity (Wildman–Crippen MR) is 86.5 cm³/mol. The first-order valence-electron chi connectivity index (χ1n) is 7.98. The average molecular weight is 326 g/mol. The number of aryl methyl sites for hydroxylation is 1. The summed E-state index contributed by atoms with van der Waals surface area (Å²) in [5.41, 5.74) is 2.92. The Kier molecular flexibility index (Phi) is 3.48. The number of carbonyl (C=O) groups is 2. The number of fused-ring (bicyclic) bond motifs is 1. The Hall–Kier alpha value is -2.83. The van der Waals surface area contributed by atoms with Gasteiger partial charge in [-0.2, -0.15) is 5.10 Å². The van der Waals surface area contributed by atoms with Crippen molar-refractivity contribution in [2.75, 3.05) is 26.2 Å². The number of ether oxygens (including phenoxy) is 1. The minimum Gasteiger partial charge on any atom is -0.447 e. The van der Waals surface area contributed by atoms with E-state index in [4.69, 9.17) is 4.74 Å². The highest BCUT2D eigenvalue weighted by molar-refractivity contribution is 6.01. The van der Waals surface area contributed by atoms with Crippen molar-refractivity contribution in [3.8, 4) is 11.3 Å². The van der Waals surface area contributed by atoms with Crippen LogP contribution in [0, 0.1) is 6.92 Å². The Balaban J connectivity index is 1.62. The van der Waals surface area contributed by atoms with Gasteiger partial charge in [0.2, 0.25) is 0 Å². The molecule has 3 heterocycles. The summed E-state index contributed by atoms with van der Waals surface area (Å²) in [4.78, 5) is 28.1. The van der Waals surface area contributed by atoms with Crippen LogP contribution < -0.4 is 0 Å². The van der Waals surface area contributed by atoms with E-state index in [2.05, 4.69) is 10.2 Å². The summed E-state index contributed by atoms with van der Waals surface area (Å²) in [7, 11) is 0. The van der Waals surface area contributed by atoms with Crippen molar-refractivity contribution < 1.29 is 14.3 Å². The average Bonchev–Trinajstić information content (AvgIpc) is 3.18. The minimum atomic E-state index is -0.281. The molecule has 4 rings (SSSR count). The van der Waals surface area contributed by atoms with Gasteiger partial charge in [-0.1, -0.05) is 30.3 Å². The normalized spacial score (nSPS) is 20.0. The smallest absolute Gasteiger partial charge is 0.410 e. The highest BCUT2D eigenvalue weighted by Gasteiger charge is 2.39. The number of benzene rings is 1. The van der Waals surface area contributed by atoms with Crippen molar-refractivity contribution in [3.05, 3.63) is 41.6 Å². The first-order chi connectivity index (χ1) is 11.6. The second-order valence-corrected chi connectivity index (χ2v) is 6.11. The highest BCUT2D eigenvalue weighted by Crippen LogP contribution is 2.26. The van der Waals surface area contributed by atoms with Gasteiger partial charge in [-0.05, 0) is 6.92 Å². The molecular weight excluding hydrogens is 308 g/mol. The van der Waals surface area contributed by atoms with Crippen LogP contribution in [0.4, 0.5) is 4.79 Å². The van der Waals surface area contributed by atoms with Crippen molar-refractivity contribution >= 4 is 12.0 Å². The van der Waals surface area contributed by atoms with E-state index in [1.165, 1.54) is 0 Å². The van der Waals surface area contributed by atoms with Gasteiger partial charge in [0.1, 0.15) is 12.3 Å². The molecule has 0 saturated carbocycles. The zero-order valence-corrected chi connectivity index (χ0v) is 13.4. The fraction of sp³-hybridized carbons (Fsp3) is 0.353. The fourth-order valence-electron chi connectivity index (χ4n) is 3.33. The van der Waals surface area contributed by atoms with Crippen LogP contribution in [0.5, 0.6) is 0 Å². The lowest BCUT2D eigenvalue weighted by atomic mass is 10.0. The largest absolute Gasteiger partial charge is 0.447 e. The summed E-state index contributed by atoms with van der Waals surface area (Å²) in [6, 6.07) is 9.60. The van der Waals surface area contributed by atoms with E-state index in [1.807, 2.05) is 37.3 Å². The first-order valence-corrected chi connectivity index (χ1v) is 7.98. The Labute approximate surface area is 139 Å². The van der Waals surface area contributed by atoms with Crippen LogP contribution >= 0.6 is 0 Å². The zero-order valence-electron chi connectivity index (χ0n) is 13.4. The number of aromatic nitrogens is 2. The van der Waals surface area contributed by atoms with Gasteiger partial charge in [-0.15, -0.1) is 0 Å². The van der Waals surface area contributed by atoms with Crippen molar-refractivity contribution in [3.63, 3.8) is 0 Å². The number of aromatic amines is 1. The number of piperazine rings is 1. The molecule has 1 aromatic heterocycles. The number of rotatable bonds is 2. The summed E-state index contributed by atoms with van der Waals surface area (Å²) in [6.45, 7) is 3.70. The van der Waals surface area contributed by atoms with Gasteiger partial charge in [0.05, 0.1) is 11.6 Å². The standard InChI is InChI=1S/C17H18N4O3/c1-11-14(15(19-18-11)12-5-3-2-4-6-12)16(22)20-7-8-21-13(9-20)10-24-17(21)23/h2-6,13H,7-10H2,1H3,(H,18,19). The molecule has 7 nitrogen and oxygen atoms in total. The van der Waals surface area contributed by atoms with E-state index < -0.39 is 0 Å². The Bertz CT molecular complexity index is 786. The van der Waals surface area contributed by atoms with Gasteiger partial charge >= 0.3 is 6.09 Å². The summed E-state index contributed by atoms with van der Waals surface area (Å²) in [5.74, 6) is -0.0564. The van der Waals surface area contributed by atoms with E-state index in [-0.39, 0.29) is 18.0 Å². The molecule has 2 aliphatic heterocycles. The molecule has 1 atom stereocenters. The number of amides is 2. The quantitative estimate of drug-likeness (QED) is 0.910. The molecule has 124 valence electrons. The topological polar surface area (TPSA) is 78.5 Å².